The van der Waals surface area contributed by atoms with E-state index in [1.54, 1.807) is 0 Å². The average molecular weight is 160 g/mol. The molecule has 1 N–H and O–H groups in total. The van der Waals surface area contributed by atoms with Gasteiger partial charge in [-0.05, 0) is 19.1 Å². The van der Waals surface area contributed by atoms with Crippen molar-refractivity contribution in [2.24, 2.45) is 0 Å². The maximum atomic E-state index is 3.64. The topological polar surface area (TPSA) is 15.3 Å². The molecule has 1 rings (SSSR count). The molecule has 0 aromatic heterocycles. The lowest BCUT2D eigenvalue weighted by Gasteiger charge is -2.47. The van der Waals surface area contributed by atoms with Crippen molar-refractivity contribution >= 4 is 18.2 Å². The van der Waals surface area contributed by atoms with Gasteiger partial charge in [0.15, 0.2) is 18.2 Å². The van der Waals surface area contributed by atoms with Crippen LogP contribution in [0.4, 0.5) is 0 Å². The van der Waals surface area contributed by atoms with Gasteiger partial charge in [0.2, 0.25) is 0 Å². The van der Waals surface area contributed by atoms with Gasteiger partial charge in [0.25, 0.3) is 0 Å². The predicted molar refractivity (Wildman–Crippen MR) is 46.1 cm³/mol. The summed E-state index contributed by atoms with van der Waals surface area (Å²) in [4.78, 5) is 0. The summed E-state index contributed by atoms with van der Waals surface area (Å²) in [7, 11) is -1.11. The fourth-order valence-electron chi connectivity index (χ4n) is 1.67. The van der Waals surface area contributed by atoms with Crippen molar-refractivity contribution in [3.8, 4) is 0 Å². The van der Waals surface area contributed by atoms with Crippen LogP contribution in [-0.2, 0) is 0 Å². The standard InChI is InChI=1S/C5H16N2Si2/c1-5(2)7-8(3)6-9(7)4/h5-6,8-9H,1-4H3. The van der Waals surface area contributed by atoms with Gasteiger partial charge >= 0.3 is 0 Å². The number of rotatable bonds is 1. The minimum atomic E-state index is -0.555. The Kier molecular flexibility index (Phi) is 2.10. The first-order valence-electron chi connectivity index (χ1n) is 3.66. The summed E-state index contributed by atoms with van der Waals surface area (Å²) in [6.07, 6.45) is 0. The molecule has 0 bridgehead atoms. The smallest absolute Gasteiger partial charge is 0.172 e. The van der Waals surface area contributed by atoms with E-state index in [9.17, 15) is 0 Å². The monoisotopic (exact) mass is 160 g/mol. The summed E-state index contributed by atoms with van der Waals surface area (Å²) in [6.45, 7) is 9.34. The first-order valence-corrected chi connectivity index (χ1v) is 8.16. The molecular weight excluding hydrogens is 144 g/mol. The molecule has 0 radical (unpaired) electrons. The molecule has 0 amide bonds. The molecule has 1 heterocycles. The van der Waals surface area contributed by atoms with E-state index >= 15 is 0 Å². The maximum absolute atomic E-state index is 3.64. The Balaban J connectivity index is 2.39. The van der Waals surface area contributed by atoms with Crippen molar-refractivity contribution < 1.29 is 0 Å². The summed E-state index contributed by atoms with van der Waals surface area (Å²) >= 11 is 0. The Morgan fingerprint density at radius 2 is 1.67 bits per heavy atom. The summed E-state index contributed by atoms with van der Waals surface area (Å²) in [5.74, 6) is 0. The van der Waals surface area contributed by atoms with Gasteiger partial charge in [0.05, 0.1) is 0 Å². The van der Waals surface area contributed by atoms with E-state index in [1.165, 1.54) is 0 Å². The molecular formula is C5H16N2Si2. The Bertz CT molecular complexity index is 92.4. The quantitative estimate of drug-likeness (QED) is 0.543. The molecule has 9 heavy (non-hydrogen) atoms. The molecule has 0 aromatic carbocycles. The van der Waals surface area contributed by atoms with Crippen LogP contribution in [0.1, 0.15) is 13.8 Å². The van der Waals surface area contributed by atoms with Gasteiger partial charge in [-0.3, -0.25) is 0 Å². The van der Waals surface area contributed by atoms with Crippen LogP contribution in [0.25, 0.3) is 0 Å². The molecule has 2 nitrogen and oxygen atoms in total. The normalized spacial score (nSPS) is 37.0. The molecule has 0 aromatic rings. The molecule has 1 fully saturated rings. The lowest BCUT2D eigenvalue weighted by atomic mass is 10.4. The zero-order valence-electron chi connectivity index (χ0n) is 6.68. The highest BCUT2D eigenvalue weighted by Crippen LogP contribution is 2.10. The van der Waals surface area contributed by atoms with Gasteiger partial charge in [-0.2, -0.15) is 0 Å². The second-order valence-corrected chi connectivity index (χ2v) is 8.89. The summed E-state index contributed by atoms with van der Waals surface area (Å²) < 4.78 is 6.36. The third-order valence-corrected chi connectivity index (χ3v) is 11.5. The van der Waals surface area contributed by atoms with E-state index in [0.29, 0.717) is 0 Å². The van der Waals surface area contributed by atoms with E-state index in [4.69, 9.17) is 0 Å². The largest absolute Gasteiger partial charge is 0.341 e. The number of nitrogens with zero attached hydrogens (tertiary/aromatic N) is 1. The van der Waals surface area contributed by atoms with Crippen molar-refractivity contribution in [2.75, 3.05) is 0 Å². The molecule has 4 heteroatoms. The van der Waals surface area contributed by atoms with E-state index in [2.05, 4.69) is 35.8 Å². The highest BCUT2D eigenvalue weighted by molar-refractivity contribution is 6.85. The first-order chi connectivity index (χ1) is 4.13. The van der Waals surface area contributed by atoms with Gasteiger partial charge in [-0.25, -0.2) is 0 Å². The van der Waals surface area contributed by atoms with Gasteiger partial charge in [-0.1, -0.05) is 13.8 Å². The Labute approximate surface area is 60.8 Å². The van der Waals surface area contributed by atoms with Crippen LogP contribution in [0.2, 0.25) is 13.1 Å². The van der Waals surface area contributed by atoms with Crippen LogP contribution in [-0.4, -0.2) is 28.5 Å². The average Bonchev–Trinajstić information content (AvgIpc) is 1.62. The Morgan fingerprint density at radius 3 is 1.78 bits per heavy atom. The molecule has 0 aliphatic carbocycles. The third-order valence-electron chi connectivity index (χ3n) is 1.97. The second kappa shape index (κ2) is 2.53. The van der Waals surface area contributed by atoms with Crippen molar-refractivity contribution in [1.29, 1.82) is 0 Å². The van der Waals surface area contributed by atoms with Crippen molar-refractivity contribution in [3.63, 3.8) is 0 Å². The fourth-order valence-corrected chi connectivity index (χ4v) is 9.65. The molecule has 2 unspecified atom stereocenters. The molecule has 0 spiro atoms. The van der Waals surface area contributed by atoms with E-state index in [0.717, 1.165) is 6.04 Å². The van der Waals surface area contributed by atoms with Gasteiger partial charge in [0, 0.05) is 0 Å². The first kappa shape index (κ1) is 7.46. The third kappa shape index (κ3) is 1.26. The van der Waals surface area contributed by atoms with Crippen LogP contribution in [0.3, 0.4) is 0 Å². The number of hydrogen-bond acceptors (Lipinski definition) is 2. The van der Waals surface area contributed by atoms with Crippen molar-refractivity contribution in [3.05, 3.63) is 0 Å². The molecule has 1 aliphatic rings. The summed E-state index contributed by atoms with van der Waals surface area (Å²) in [6, 6.07) is 0.801. The predicted octanol–water partition coefficient (Wildman–Crippen LogP) is 0.000600. The highest BCUT2D eigenvalue weighted by atomic mass is 28.4. The lowest BCUT2D eigenvalue weighted by Crippen LogP contribution is -2.75. The highest BCUT2D eigenvalue weighted by Gasteiger charge is 2.34. The molecule has 54 valence electrons. The maximum Gasteiger partial charge on any atom is 0.172 e. The van der Waals surface area contributed by atoms with Crippen molar-refractivity contribution in [2.45, 2.75) is 33.0 Å². The molecule has 2 atom stereocenters. The van der Waals surface area contributed by atoms with E-state index < -0.39 is 18.2 Å². The summed E-state index contributed by atoms with van der Waals surface area (Å²) in [5, 5.41) is 0. The Morgan fingerprint density at radius 1 is 1.22 bits per heavy atom. The van der Waals surface area contributed by atoms with Crippen LogP contribution < -0.4 is 4.65 Å². The second-order valence-electron chi connectivity index (χ2n) is 3.06. The molecule has 1 saturated heterocycles. The van der Waals surface area contributed by atoms with Crippen LogP contribution in [0, 0.1) is 0 Å². The van der Waals surface area contributed by atoms with E-state index in [-0.39, 0.29) is 0 Å². The van der Waals surface area contributed by atoms with Crippen LogP contribution in [0.15, 0.2) is 0 Å². The minimum Gasteiger partial charge on any atom is -0.341 e. The van der Waals surface area contributed by atoms with Gasteiger partial charge in [-0.15, -0.1) is 0 Å². The summed E-state index contributed by atoms with van der Waals surface area (Å²) in [5.41, 5.74) is 0. The van der Waals surface area contributed by atoms with Crippen molar-refractivity contribution in [1.82, 2.24) is 8.88 Å². The zero-order chi connectivity index (χ0) is 7.02. The SMILES string of the molecule is CC(C)N1[SiH](C)N[SiH]1C. The van der Waals surface area contributed by atoms with Crippen LogP contribution >= 0.6 is 0 Å². The number of nitrogens with one attached hydrogen (secondary N) is 1. The van der Waals surface area contributed by atoms with Gasteiger partial charge < -0.3 is 8.88 Å². The number of hydrogen-bond donors (Lipinski definition) is 1. The fraction of sp³-hybridized carbons (Fsp3) is 1.00. The molecule has 0 saturated carbocycles. The van der Waals surface area contributed by atoms with Crippen LogP contribution in [0.5, 0.6) is 0 Å². The van der Waals surface area contributed by atoms with Gasteiger partial charge in [0.1, 0.15) is 0 Å². The zero-order valence-corrected chi connectivity index (χ0v) is 8.99. The minimum absolute atomic E-state index is 0.555. The Hall–Kier alpha value is 0.354. The lowest BCUT2D eigenvalue weighted by molar-refractivity contribution is 0.489. The molecule has 1 aliphatic heterocycles. The van der Waals surface area contributed by atoms with E-state index in [1.807, 2.05) is 0 Å².